The van der Waals surface area contributed by atoms with E-state index in [2.05, 4.69) is 10.3 Å². The Bertz CT molecular complexity index is 426. The van der Waals surface area contributed by atoms with Gasteiger partial charge in [0.1, 0.15) is 0 Å². The van der Waals surface area contributed by atoms with Crippen LogP contribution in [0.1, 0.15) is 10.4 Å². The number of carboxylic acids is 1. The van der Waals surface area contributed by atoms with E-state index in [4.69, 9.17) is 10.8 Å². The number of anilines is 1. The van der Waals surface area contributed by atoms with Crippen molar-refractivity contribution in [1.82, 2.24) is 4.90 Å². The molecule has 18 heavy (non-hydrogen) atoms. The van der Waals surface area contributed by atoms with Gasteiger partial charge in [-0.2, -0.15) is 0 Å². The minimum absolute atomic E-state index is 0.240. The molecule has 0 saturated carbocycles. The van der Waals surface area contributed by atoms with Crippen LogP contribution in [0.15, 0.2) is 29.3 Å². The van der Waals surface area contributed by atoms with Gasteiger partial charge < -0.3 is 21.1 Å². The first-order valence-corrected chi connectivity index (χ1v) is 5.54. The Morgan fingerprint density at radius 2 is 2.00 bits per heavy atom. The lowest BCUT2D eigenvalue weighted by Gasteiger charge is -2.08. The number of guanidine groups is 1. The van der Waals surface area contributed by atoms with Gasteiger partial charge in [-0.15, -0.1) is 0 Å². The topological polar surface area (TPSA) is 91.0 Å². The van der Waals surface area contributed by atoms with Crippen LogP contribution < -0.4 is 11.1 Å². The maximum atomic E-state index is 10.7. The molecule has 1 aromatic rings. The molecule has 0 radical (unpaired) electrons. The average molecular weight is 250 g/mol. The van der Waals surface area contributed by atoms with E-state index in [9.17, 15) is 4.79 Å². The molecule has 6 heteroatoms. The number of aromatic carboxylic acids is 1. The lowest BCUT2D eigenvalue weighted by atomic mass is 10.2. The molecule has 0 aliphatic heterocycles. The number of carbonyl (C=O) groups is 1. The van der Waals surface area contributed by atoms with Gasteiger partial charge in [0.2, 0.25) is 0 Å². The van der Waals surface area contributed by atoms with Gasteiger partial charge in [-0.1, -0.05) is 0 Å². The molecule has 0 saturated heterocycles. The number of nitrogens with two attached hydrogens (primary N) is 1. The Morgan fingerprint density at radius 3 is 2.50 bits per heavy atom. The van der Waals surface area contributed by atoms with E-state index in [0.29, 0.717) is 18.2 Å². The maximum Gasteiger partial charge on any atom is 0.335 e. The normalized spacial score (nSPS) is 11.6. The molecule has 1 rings (SSSR count). The maximum absolute atomic E-state index is 10.7. The smallest absolute Gasteiger partial charge is 0.335 e. The predicted molar refractivity (Wildman–Crippen MR) is 72.1 cm³/mol. The number of nitrogens with one attached hydrogen (secondary N) is 1. The van der Waals surface area contributed by atoms with Gasteiger partial charge in [-0.25, -0.2) is 4.79 Å². The van der Waals surface area contributed by atoms with Gasteiger partial charge in [0.05, 0.1) is 12.1 Å². The second-order valence-corrected chi connectivity index (χ2v) is 4.08. The van der Waals surface area contributed by atoms with Crippen LogP contribution in [-0.2, 0) is 0 Å². The van der Waals surface area contributed by atoms with Gasteiger partial charge in [-0.3, -0.25) is 4.99 Å². The monoisotopic (exact) mass is 250 g/mol. The van der Waals surface area contributed by atoms with Crippen molar-refractivity contribution in [2.75, 3.05) is 32.5 Å². The van der Waals surface area contributed by atoms with Gasteiger partial charge in [-0.05, 0) is 38.4 Å². The standard InChI is InChI=1S/C12H18N4O2/c1-16(2)8-7-14-12(13)15-10-5-3-9(4-6-10)11(17)18/h3-6H,7-8H2,1-2H3,(H,17,18)(H3,13,14,15). The first kappa shape index (κ1) is 14.0. The zero-order valence-corrected chi connectivity index (χ0v) is 10.6. The number of aliphatic imine (C=N–C) groups is 1. The lowest BCUT2D eigenvalue weighted by molar-refractivity contribution is 0.0697. The summed E-state index contributed by atoms with van der Waals surface area (Å²) in [6, 6.07) is 6.32. The Hall–Kier alpha value is -2.08. The number of carboxylic acid groups (broad SMARTS) is 1. The van der Waals surface area contributed by atoms with Gasteiger partial charge in [0.25, 0.3) is 0 Å². The van der Waals surface area contributed by atoms with E-state index in [1.165, 1.54) is 12.1 Å². The number of likely N-dealkylation sites (N-methyl/N-ethyl adjacent to an activating group) is 1. The van der Waals surface area contributed by atoms with Crippen molar-refractivity contribution in [2.24, 2.45) is 10.7 Å². The quantitative estimate of drug-likeness (QED) is 0.528. The molecule has 0 aromatic heterocycles. The minimum atomic E-state index is -0.950. The first-order chi connectivity index (χ1) is 8.49. The van der Waals surface area contributed by atoms with Crippen molar-refractivity contribution in [3.63, 3.8) is 0 Å². The van der Waals surface area contributed by atoms with Crippen molar-refractivity contribution in [1.29, 1.82) is 0 Å². The molecule has 98 valence electrons. The Balaban J connectivity index is 2.53. The van der Waals surface area contributed by atoms with E-state index < -0.39 is 5.97 Å². The summed E-state index contributed by atoms with van der Waals surface area (Å²) in [5.41, 5.74) is 6.65. The van der Waals surface area contributed by atoms with Crippen LogP contribution in [0.2, 0.25) is 0 Å². The highest BCUT2D eigenvalue weighted by Gasteiger charge is 2.01. The Morgan fingerprint density at radius 1 is 1.39 bits per heavy atom. The van der Waals surface area contributed by atoms with Crippen molar-refractivity contribution in [2.45, 2.75) is 0 Å². The summed E-state index contributed by atoms with van der Waals surface area (Å²) in [5, 5.41) is 11.7. The molecule has 0 atom stereocenters. The summed E-state index contributed by atoms with van der Waals surface area (Å²) in [6.07, 6.45) is 0. The number of nitrogens with zero attached hydrogens (tertiary/aromatic N) is 2. The van der Waals surface area contributed by atoms with Crippen LogP contribution in [0.5, 0.6) is 0 Å². The first-order valence-electron chi connectivity index (χ1n) is 5.54. The van der Waals surface area contributed by atoms with E-state index in [1.54, 1.807) is 12.1 Å². The van der Waals surface area contributed by atoms with Crippen LogP contribution in [0.25, 0.3) is 0 Å². The molecular formula is C12H18N4O2. The van der Waals surface area contributed by atoms with Crippen LogP contribution in [0.4, 0.5) is 5.69 Å². The molecule has 1 aromatic carbocycles. The highest BCUT2D eigenvalue weighted by atomic mass is 16.4. The van der Waals surface area contributed by atoms with E-state index in [1.807, 2.05) is 19.0 Å². The summed E-state index contributed by atoms with van der Waals surface area (Å²) >= 11 is 0. The molecule has 0 heterocycles. The summed E-state index contributed by atoms with van der Waals surface area (Å²) in [7, 11) is 3.92. The number of benzene rings is 1. The molecule has 0 aliphatic carbocycles. The van der Waals surface area contributed by atoms with Gasteiger partial charge in [0, 0.05) is 12.2 Å². The SMILES string of the molecule is CN(C)CCN=C(N)Nc1ccc(C(=O)O)cc1. The molecule has 0 unspecified atom stereocenters. The molecule has 4 N–H and O–H groups in total. The third kappa shape index (κ3) is 4.84. The molecular weight excluding hydrogens is 232 g/mol. The van der Waals surface area contributed by atoms with Crippen LogP contribution in [-0.4, -0.2) is 49.1 Å². The fourth-order valence-electron chi connectivity index (χ4n) is 1.25. The van der Waals surface area contributed by atoms with Crippen LogP contribution in [0, 0.1) is 0 Å². The molecule has 0 fully saturated rings. The second kappa shape index (κ2) is 6.61. The van der Waals surface area contributed by atoms with Gasteiger partial charge >= 0.3 is 5.97 Å². The predicted octanol–water partition coefficient (Wildman–Crippen LogP) is 0.673. The highest BCUT2D eigenvalue weighted by molar-refractivity contribution is 5.93. The summed E-state index contributed by atoms with van der Waals surface area (Å²) in [5.74, 6) is -0.630. The zero-order valence-electron chi connectivity index (χ0n) is 10.6. The molecule has 0 spiro atoms. The van der Waals surface area contributed by atoms with Crippen molar-refractivity contribution in [3.05, 3.63) is 29.8 Å². The fourth-order valence-corrected chi connectivity index (χ4v) is 1.25. The van der Waals surface area contributed by atoms with E-state index in [-0.39, 0.29) is 5.56 Å². The minimum Gasteiger partial charge on any atom is -0.478 e. The van der Waals surface area contributed by atoms with Crippen molar-refractivity contribution in [3.8, 4) is 0 Å². The Kier molecular flexibility index (Phi) is 5.13. The lowest BCUT2D eigenvalue weighted by Crippen LogP contribution is -2.24. The second-order valence-electron chi connectivity index (χ2n) is 4.08. The van der Waals surface area contributed by atoms with Crippen molar-refractivity contribution < 1.29 is 9.90 Å². The third-order valence-electron chi connectivity index (χ3n) is 2.23. The van der Waals surface area contributed by atoms with Crippen LogP contribution in [0.3, 0.4) is 0 Å². The van der Waals surface area contributed by atoms with Crippen molar-refractivity contribution >= 4 is 17.6 Å². The molecule has 0 amide bonds. The summed E-state index contributed by atoms with van der Waals surface area (Å²) < 4.78 is 0. The Labute approximate surface area is 106 Å². The number of rotatable bonds is 5. The third-order valence-corrected chi connectivity index (χ3v) is 2.23. The number of hydrogen-bond acceptors (Lipinski definition) is 3. The summed E-state index contributed by atoms with van der Waals surface area (Å²) in [6.45, 7) is 1.43. The number of hydrogen-bond donors (Lipinski definition) is 3. The highest BCUT2D eigenvalue weighted by Crippen LogP contribution is 2.08. The molecule has 0 aliphatic rings. The van der Waals surface area contributed by atoms with Crippen LogP contribution >= 0.6 is 0 Å². The zero-order chi connectivity index (χ0) is 13.5. The van der Waals surface area contributed by atoms with E-state index in [0.717, 1.165) is 6.54 Å². The summed E-state index contributed by atoms with van der Waals surface area (Å²) in [4.78, 5) is 16.8. The largest absolute Gasteiger partial charge is 0.478 e. The van der Waals surface area contributed by atoms with E-state index >= 15 is 0 Å². The fraction of sp³-hybridized carbons (Fsp3) is 0.333. The van der Waals surface area contributed by atoms with Gasteiger partial charge in [0.15, 0.2) is 5.96 Å². The molecule has 6 nitrogen and oxygen atoms in total. The average Bonchev–Trinajstić information content (AvgIpc) is 2.29. The molecule has 0 bridgehead atoms.